The fraction of sp³-hybridized carbons (Fsp3) is 0.0588. The van der Waals surface area contributed by atoms with Crippen molar-refractivity contribution in [2.24, 2.45) is 0 Å². The number of rotatable bonds is 5. The number of hydrogen-bond donors (Lipinski definition) is 1. The Morgan fingerprint density at radius 2 is 1.80 bits per heavy atom. The molecule has 6 nitrogen and oxygen atoms in total. The fourth-order valence-corrected chi connectivity index (χ4v) is 3.51. The highest BCUT2D eigenvalue weighted by molar-refractivity contribution is 9.10. The number of aromatic nitrogens is 2. The second-order valence-electron chi connectivity index (χ2n) is 5.18. The van der Waals surface area contributed by atoms with Gasteiger partial charge in [-0.05, 0) is 30.3 Å². The van der Waals surface area contributed by atoms with E-state index in [0.717, 1.165) is 10.0 Å². The zero-order valence-electron chi connectivity index (χ0n) is 12.9. The summed E-state index contributed by atoms with van der Waals surface area (Å²) in [4.78, 5) is 3.78. The number of benzene rings is 2. The van der Waals surface area contributed by atoms with Gasteiger partial charge in [-0.25, -0.2) is 0 Å². The van der Waals surface area contributed by atoms with E-state index in [1.807, 2.05) is 30.3 Å². The van der Waals surface area contributed by atoms with E-state index in [4.69, 9.17) is 5.26 Å². The molecule has 0 atom stereocenters. The van der Waals surface area contributed by atoms with Gasteiger partial charge in [0.05, 0.1) is 28.8 Å². The molecule has 2 aromatic carbocycles. The second-order valence-corrected chi connectivity index (χ2v) is 7.76. The van der Waals surface area contributed by atoms with E-state index in [9.17, 15) is 8.42 Å². The first-order valence-corrected chi connectivity index (χ1v) is 9.57. The monoisotopic (exact) mass is 416 g/mol. The summed E-state index contributed by atoms with van der Waals surface area (Å²) < 4.78 is 26.0. The van der Waals surface area contributed by atoms with E-state index in [0.29, 0.717) is 11.4 Å². The summed E-state index contributed by atoms with van der Waals surface area (Å²) >= 11 is 3.37. The second kappa shape index (κ2) is 7.09. The third kappa shape index (κ3) is 3.90. The predicted octanol–water partition coefficient (Wildman–Crippen LogP) is 3.31. The molecule has 0 aliphatic carbocycles. The van der Waals surface area contributed by atoms with Crippen LogP contribution in [-0.4, -0.2) is 18.3 Å². The van der Waals surface area contributed by atoms with Crippen LogP contribution in [-0.2, 0) is 16.4 Å². The molecule has 3 rings (SSSR count). The van der Waals surface area contributed by atoms with E-state index in [1.165, 1.54) is 16.9 Å². The van der Waals surface area contributed by atoms with Crippen LogP contribution >= 0.6 is 15.9 Å². The molecular formula is C17H13BrN4O2S. The van der Waals surface area contributed by atoms with E-state index >= 15 is 0 Å². The average Bonchev–Trinajstić information content (AvgIpc) is 2.98. The molecule has 8 heteroatoms. The van der Waals surface area contributed by atoms with E-state index in [1.54, 1.807) is 24.3 Å². The van der Waals surface area contributed by atoms with Gasteiger partial charge >= 0.3 is 0 Å². The molecule has 0 aliphatic rings. The van der Waals surface area contributed by atoms with Gasteiger partial charge in [0.2, 0.25) is 0 Å². The van der Waals surface area contributed by atoms with Gasteiger partial charge in [-0.3, -0.25) is 0 Å². The van der Waals surface area contributed by atoms with Crippen LogP contribution in [0.25, 0.3) is 11.3 Å². The molecule has 0 unspecified atom stereocenters. The van der Waals surface area contributed by atoms with Crippen LogP contribution < -0.4 is 4.83 Å². The van der Waals surface area contributed by atoms with Gasteiger partial charge in [0, 0.05) is 10.0 Å². The van der Waals surface area contributed by atoms with Gasteiger partial charge in [0.15, 0.2) is 0 Å². The number of sulfonamides is 1. The zero-order valence-corrected chi connectivity index (χ0v) is 15.3. The molecule has 1 aromatic heterocycles. The molecule has 1 N–H and O–H groups in total. The summed E-state index contributed by atoms with van der Waals surface area (Å²) in [5.41, 5.74) is 1.81. The number of nitrogens with one attached hydrogen (secondary N) is 1. The van der Waals surface area contributed by atoms with Crippen molar-refractivity contribution in [3.05, 3.63) is 70.8 Å². The Kier molecular flexibility index (Phi) is 4.88. The molecule has 0 fully saturated rings. The Bertz CT molecular complexity index is 1020. The van der Waals surface area contributed by atoms with Gasteiger partial charge in [-0.2, -0.15) is 28.4 Å². The molecule has 0 aliphatic heterocycles. The van der Waals surface area contributed by atoms with Crippen molar-refractivity contribution in [3.63, 3.8) is 0 Å². The van der Waals surface area contributed by atoms with Crippen LogP contribution in [0.4, 0.5) is 0 Å². The van der Waals surface area contributed by atoms with Crippen LogP contribution in [0, 0.1) is 11.3 Å². The molecule has 1 heterocycles. The zero-order chi connectivity index (χ0) is 17.9. The lowest BCUT2D eigenvalue weighted by Gasteiger charge is -2.11. The Labute approximate surface area is 153 Å². The topological polar surface area (TPSA) is 87.8 Å². The first kappa shape index (κ1) is 17.2. The van der Waals surface area contributed by atoms with Crippen molar-refractivity contribution >= 4 is 26.0 Å². The number of nitrogens with zero attached hydrogens (tertiary/aromatic N) is 3. The minimum absolute atomic E-state index is 0.0869. The molecule has 0 saturated carbocycles. The summed E-state index contributed by atoms with van der Waals surface area (Å²) in [6, 6.07) is 19.1. The van der Waals surface area contributed by atoms with Crippen molar-refractivity contribution in [1.82, 2.24) is 9.89 Å². The minimum Gasteiger partial charge on any atom is -0.200 e. The number of nitriles is 1. The smallest absolute Gasteiger partial charge is 0.200 e. The van der Waals surface area contributed by atoms with Crippen molar-refractivity contribution in [1.29, 1.82) is 5.26 Å². The molecule has 0 bridgehead atoms. The summed E-state index contributed by atoms with van der Waals surface area (Å²) in [5.74, 6) is 0. The Hall–Kier alpha value is -2.63. The van der Waals surface area contributed by atoms with Crippen molar-refractivity contribution in [3.8, 4) is 17.3 Å². The summed E-state index contributed by atoms with van der Waals surface area (Å²) in [7, 11) is -3.80. The third-order valence-corrected chi connectivity index (χ3v) is 5.26. The third-order valence-electron chi connectivity index (χ3n) is 3.42. The maximum absolute atomic E-state index is 12.6. The highest BCUT2D eigenvalue weighted by Gasteiger charge is 2.18. The summed E-state index contributed by atoms with van der Waals surface area (Å²) in [6.07, 6.45) is 0.0869. The molecule has 0 radical (unpaired) electrons. The number of hydrogen-bond acceptors (Lipinski definition) is 4. The van der Waals surface area contributed by atoms with Gasteiger partial charge in [0.1, 0.15) is 0 Å². The van der Waals surface area contributed by atoms with Crippen LogP contribution in [0.1, 0.15) is 5.69 Å². The molecule has 0 saturated heterocycles. The molecule has 126 valence electrons. The van der Waals surface area contributed by atoms with Crippen molar-refractivity contribution in [2.75, 3.05) is 4.83 Å². The molecule has 0 amide bonds. The predicted molar refractivity (Wildman–Crippen MR) is 97.7 cm³/mol. The van der Waals surface area contributed by atoms with Gasteiger partial charge in [-0.1, -0.05) is 46.3 Å². The summed E-state index contributed by atoms with van der Waals surface area (Å²) in [5, 5.41) is 13.1. The summed E-state index contributed by atoms with van der Waals surface area (Å²) in [6.45, 7) is 0. The Morgan fingerprint density at radius 1 is 1.12 bits per heavy atom. The normalized spacial score (nSPS) is 11.0. The van der Waals surface area contributed by atoms with Crippen LogP contribution in [0.5, 0.6) is 0 Å². The van der Waals surface area contributed by atoms with Crippen LogP contribution in [0.3, 0.4) is 0 Å². The maximum atomic E-state index is 12.6. The Balaban J connectivity index is 2.03. The molecular weight excluding hydrogens is 404 g/mol. The van der Waals surface area contributed by atoms with Crippen LogP contribution in [0.2, 0.25) is 0 Å². The fourth-order valence-electron chi connectivity index (χ4n) is 2.26. The Morgan fingerprint density at radius 3 is 2.44 bits per heavy atom. The lowest BCUT2D eigenvalue weighted by molar-refractivity contribution is 0.592. The van der Waals surface area contributed by atoms with Crippen LogP contribution in [0.15, 0.2) is 70.0 Å². The van der Waals surface area contributed by atoms with E-state index < -0.39 is 10.0 Å². The van der Waals surface area contributed by atoms with Crippen molar-refractivity contribution in [2.45, 2.75) is 11.3 Å². The molecule has 3 aromatic rings. The quantitative estimate of drug-likeness (QED) is 0.690. The standard InChI is InChI=1S/C17H13BrN4O2S/c18-14-8-6-13(7-9-14)17-12-15(10-11-19)20-22(17)21-25(23,24)16-4-2-1-3-5-16/h1-9,12,21H,10H2. The molecule has 25 heavy (non-hydrogen) atoms. The SMILES string of the molecule is N#CCc1cc(-c2ccc(Br)cc2)n(NS(=O)(=O)c2ccccc2)n1. The highest BCUT2D eigenvalue weighted by atomic mass is 79.9. The minimum atomic E-state index is -3.80. The molecule has 0 spiro atoms. The highest BCUT2D eigenvalue weighted by Crippen LogP contribution is 2.23. The maximum Gasteiger partial charge on any atom is 0.276 e. The van der Waals surface area contributed by atoms with Gasteiger partial charge in [-0.15, -0.1) is 0 Å². The average molecular weight is 417 g/mol. The lowest BCUT2D eigenvalue weighted by Crippen LogP contribution is -2.25. The first-order valence-electron chi connectivity index (χ1n) is 7.29. The first-order chi connectivity index (χ1) is 12.0. The van der Waals surface area contributed by atoms with Gasteiger partial charge in [0.25, 0.3) is 10.0 Å². The largest absolute Gasteiger partial charge is 0.276 e. The lowest BCUT2D eigenvalue weighted by atomic mass is 10.1. The number of halogens is 1. The van der Waals surface area contributed by atoms with Gasteiger partial charge < -0.3 is 0 Å². The van der Waals surface area contributed by atoms with Crippen molar-refractivity contribution < 1.29 is 8.42 Å². The van der Waals surface area contributed by atoms with E-state index in [2.05, 4.69) is 25.9 Å². The van der Waals surface area contributed by atoms with E-state index in [-0.39, 0.29) is 11.3 Å².